The van der Waals surface area contributed by atoms with Crippen molar-refractivity contribution >= 4 is 29.3 Å². The Labute approximate surface area is 168 Å². The molecule has 0 spiro atoms. The minimum Gasteiger partial charge on any atom is -0.352 e. The normalized spacial score (nSPS) is 21.1. The van der Waals surface area contributed by atoms with Gasteiger partial charge in [0.15, 0.2) is 0 Å². The molecule has 0 radical (unpaired) electrons. The third-order valence-electron chi connectivity index (χ3n) is 5.46. The van der Waals surface area contributed by atoms with Gasteiger partial charge in [0, 0.05) is 21.9 Å². The Kier molecular flexibility index (Phi) is 5.67. The lowest BCUT2D eigenvalue weighted by molar-refractivity contribution is 0.0947. The number of alkyl halides is 1. The van der Waals surface area contributed by atoms with Crippen LogP contribution in [0.15, 0.2) is 52.3 Å². The van der Waals surface area contributed by atoms with E-state index in [-0.39, 0.29) is 11.8 Å². The van der Waals surface area contributed by atoms with Crippen LogP contribution in [0.3, 0.4) is 0 Å². The number of hydrogen-bond acceptors (Lipinski definition) is 3. The van der Waals surface area contributed by atoms with Gasteiger partial charge in [0.25, 0.3) is 11.8 Å². The first-order chi connectivity index (χ1) is 13.6. The number of rotatable bonds is 4. The second-order valence-electron chi connectivity index (χ2n) is 7.43. The van der Waals surface area contributed by atoms with Crippen molar-refractivity contribution < 1.29 is 14.0 Å². The average molecular weight is 399 g/mol. The first kappa shape index (κ1) is 19.0. The van der Waals surface area contributed by atoms with Crippen molar-refractivity contribution in [3.63, 3.8) is 0 Å². The van der Waals surface area contributed by atoms with Crippen molar-refractivity contribution in [2.45, 2.75) is 48.1 Å². The Bertz CT molecular complexity index is 894. The van der Waals surface area contributed by atoms with E-state index in [9.17, 15) is 14.0 Å². The standard InChI is InChI=1S/C22H23FN2O2S/c23-16-8-5-14(6-9-16)11-12-24-21(26)15-7-10-20-18(13-15)25-22(27)17-3-1-2-4-19(17)28-20/h1-4,7,10,13-14,16H,5-6,8-9,11-12H2,(H,24,26)(H,25,27). The molecule has 1 fully saturated rings. The van der Waals surface area contributed by atoms with Gasteiger partial charge in [-0.2, -0.15) is 0 Å². The van der Waals surface area contributed by atoms with E-state index in [4.69, 9.17) is 0 Å². The van der Waals surface area contributed by atoms with Crippen LogP contribution in [-0.4, -0.2) is 24.5 Å². The molecule has 28 heavy (non-hydrogen) atoms. The molecule has 4 nitrogen and oxygen atoms in total. The number of nitrogens with one attached hydrogen (secondary N) is 2. The summed E-state index contributed by atoms with van der Waals surface area (Å²) in [6.07, 6.45) is 3.32. The van der Waals surface area contributed by atoms with Gasteiger partial charge in [0.2, 0.25) is 0 Å². The van der Waals surface area contributed by atoms with E-state index in [0.29, 0.717) is 42.1 Å². The summed E-state index contributed by atoms with van der Waals surface area (Å²) in [5, 5.41) is 5.87. The fourth-order valence-corrected chi connectivity index (χ4v) is 4.82. The first-order valence-corrected chi connectivity index (χ1v) is 10.6. The maximum atomic E-state index is 13.2. The van der Waals surface area contributed by atoms with Crippen LogP contribution in [0.1, 0.15) is 52.8 Å². The van der Waals surface area contributed by atoms with E-state index < -0.39 is 6.17 Å². The van der Waals surface area contributed by atoms with Crippen LogP contribution < -0.4 is 10.6 Å². The molecule has 146 valence electrons. The van der Waals surface area contributed by atoms with Gasteiger partial charge in [-0.05, 0) is 68.4 Å². The van der Waals surface area contributed by atoms with Crippen molar-refractivity contribution in [1.82, 2.24) is 5.32 Å². The zero-order valence-corrected chi connectivity index (χ0v) is 16.4. The lowest BCUT2D eigenvalue weighted by Crippen LogP contribution is -2.27. The van der Waals surface area contributed by atoms with Crippen LogP contribution in [0, 0.1) is 5.92 Å². The third-order valence-corrected chi connectivity index (χ3v) is 6.61. The highest BCUT2D eigenvalue weighted by molar-refractivity contribution is 7.99. The van der Waals surface area contributed by atoms with Crippen LogP contribution in [0.25, 0.3) is 0 Å². The monoisotopic (exact) mass is 398 g/mol. The molecule has 0 saturated heterocycles. The molecule has 2 aliphatic rings. The number of amides is 2. The quantitative estimate of drug-likeness (QED) is 0.758. The summed E-state index contributed by atoms with van der Waals surface area (Å²) in [4.78, 5) is 26.8. The minimum atomic E-state index is -0.648. The number of halogens is 1. The summed E-state index contributed by atoms with van der Waals surface area (Å²) >= 11 is 1.52. The number of carbonyl (C=O) groups excluding carboxylic acids is 2. The summed E-state index contributed by atoms with van der Waals surface area (Å²) in [7, 11) is 0. The number of carbonyl (C=O) groups is 2. The van der Waals surface area contributed by atoms with Gasteiger partial charge in [-0.25, -0.2) is 4.39 Å². The van der Waals surface area contributed by atoms with E-state index >= 15 is 0 Å². The molecule has 1 aliphatic heterocycles. The van der Waals surface area contributed by atoms with Gasteiger partial charge in [0.1, 0.15) is 6.17 Å². The van der Waals surface area contributed by atoms with Crippen molar-refractivity contribution in [3.05, 3.63) is 53.6 Å². The Morgan fingerprint density at radius 2 is 1.89 bits per heavy atom. The summed E-state index contributed by atoms with van der Waals surface area (Å²) in [6.45, 7) is 0.587. The lowest BCUT2D eigenvalue weighted by atomic mass is 9.86. The van der Waals surface area contributed by atoms with Crippen LogP contribution in [0.4, 0.5) is 10.1 Å². The molecule has 2 aromatic rings. The minimum absolute atomic E-state index is 0.150. The third kappa shape index (κ3) is 4.22. The fraction of sp³-hybridized carbons (Fsp3) is 0.364. The SMILES string of the molecule is O=C(NCCC1CCC(F)CC1)c1ccc2c(c1)NC(=O)c1ccccc1S2. The molecule has 1 heterocycles. The maximum absolute atomic E-state index is 13.2. The Morgan fingerprint density at radius 3 is 2.71 bits per heavy atom. The molecule has 0 unspecified atom stereocenters. The second-order valence-corrected chi connectivity index (χ2v) is 8.51. The molecule has 4 rings (SSSR count). The summed E-state index contributed by atoms with van der Waals surface area (Å²) in [5.74, 6) is 0.180. The summed E-state index contributed by atoms with van der Waals surface area (Å²) in [5.41, 5.74) is 1.82. The zero-order valence-electron chi connectivity index (χ0n) is 15.5. The van der Waals surface area contributed by atoms with Gasteiger partial charge in [0.05, 0.1) is 11.3 Å². The zero-order chi connectivity index (χ0) is 19.5. The highest BCUT2D eigenvalue weighted by atomic mass is 32.2. The number of benzene rings is 2. The summed E-state index contributed by atoms with van der Waals surface area (Å²) in [6, 6.07) is 12.9. The van der Waals surface area contributed by atoms with E-state index in [1.54, 1.807) is 18.2 Å². The van der Waals surface area contributed by atoms with E-state index in [1.165, 1.54) is 11.8 Å². The van der Waals surface area contributed by atoms with Crippen LogP contribution in [0.2, 0.25) is 0 Å². The molecule has 0 atom stereocenters. The molecule has 0 bridgehead atoms. The molecular weight excluding hydrogens is 375 g/mol. The summed E-state index contributed by atoms with van der Waals surface area (Å²) < 4.78 is 13.2. The van der Waals surface area contributed by atoms with Crippen molar-refractivity contribution in [3.8, 4) is 0 Å². The van der Waals surface area contributed by atoms with Crippen LogP contribution in [0.5, 0.6) is 0 Å². The predicted octanol–water partition coefficient (Wildman–Crippen LogP) is 5.05. The van der Waals surface area contributed by atoms with Gasteiger partial charge < -0.3 is 10.6 Å². The highest BCUT2D eigenvalue weighted by Gasteiger charge is 2.22. The van der Waals surface area contributed by atoms with Gasteiger partial charge in [-0.3, -0.25) is 9.59 Å². The van der Waals surface area contributed by atoms with Crippen LogP contribution in [-0.2, 0) is 0 Å². The second kappa shape index (κ2) is 8.35. The molecule has 6 heteroatoms. The number of hydrogen-bond donors (Lipinski definition) is 2. The number of fused-ring (bicyclic) bond motifs is 2. The Balaban J connectivity index is 1.39. The lowest BCUT2D eigenvalue weighted by Gasteiger charge is -2.24. The topological polar surface area (TPSA) is 58.2 Å². The molecule has 1 aliphatic carbocycles. The maximum Gasteiger partial charge on any atom is 0.256 e. The molecule has 1 saturated carbocycles. The molecule has 2 aromatic carbocycles. The van der Waals surface area contributed by atoms with Gasteiger partial charge in [-0.1, -0.05) is 23.9 Å². The van der Waals surface area contributed by atoms with Crippen molar-refractivity contribution in [1.29, 1.82) is 0 Å². The van der Waals surface area contributed by atoms with E-state index in [1.807, 2.05) is 24.3 Å². The molecule has 2 amide bonds. The number of anilines is 1. The van der Waals surface area contributed by atoms with Crippen molar-refractivity contribution in [2.75, 3.05) is 11.9 Å². The van der Waals surface area contributed by atoms with Crippen molar-refractivity contribution in [2.24, 2.45) is 5.92 Å². The Morgan fingerprint density at radius 1 is 1.11 bits per heavy atom. The highest BCUT2D eigenvalue weighted by Crippen LogP contribution is 2.39. The Hall–Kier alpha value is -2.34. The van der Waals surface area contributed by atoms with E-state index in [2.05, 4.69) is 10.6 Å². The fourth-order valence-electron chi connectivity index (χ4n) is 3.81. The van der Waals surface area contributed by atoms with Gasteiger partial charge >= 0.3 is 0 Å². The van der Waals surface area contributed by atoms with Gasteiger partial charge in [-0.15, -0.1) is 0 Å². The van der Waals surface area contributed by atoms with Crippen LogP contribution >= 0.6 is 11.8 Å². The van der Waals surface area contributed by atoms with E-state index in [0.717, 1.165) is 29.1 Å². The smallest absolute Gasteiger partial charge is 0.256 e. The molecule has 2 N–H and O–H groups in total. The first-order valence-electron chi connectivity index (χ1n) is 9.74. The molecular formula is C22H23FN2O2S. The molecule has 0 aromatic heterocycles. The largest absolute Gasteiger partial charge is 0.352 e. The predicted molar refractivity (Wildman–Crippen MR) is 109 cm³/mol. The average Bonchev–Trinajstić information content (AvgIpc) is 2.84.